The summed E-state index contributed by atoms with van der Waals surface area (Å²) in [5.74, 6) is 0.455. The largest absolute Gasteiger partial charge is 0.495 e. The van der Waals surface area contributed by atoms with Crippen molar-refractivity contribution < 1.29 is 18.3 Å². The van der Waals surface area contributed by atoms with Crippen molar-refractivity contribution in [3.05, 3.63) is 27.7 Å². The fourth-order valence-electron chi connectivity index (χ4n) is 1.52. The number of ether oxygens (including phenoxy) is 2. The minimum Gasteiger partial charge on any atom is -0.495 e. The van der Waals surface area contributed by atoms with E-state index in [1.54, 1.807) is 12.1 Å². The van der Waals surface area contributed by atoms with E-state index in [0.717, 1.165) is 0 Å². The number of halogens is 4. The molecule has 7 heteroatoms. The second kappa shape index (κ2) is 7.85. The van der Waals surface area contributed by atoms with E-state index >= 15 is 0 Å². The third-order valence-electron chi connectivity index (χ3n) is 2.49. The Morgan fingerprint density at radius 1 is 1.26 bits per heavy atom. The van der Waals surface area contributed by atoms with Crippen LogP contribution in [0.4, 0.5) is 8.78 Å². The first-order valence-electron chi connectivity index (χ1n) is 5.60. The van der Waals surface area contributed by atoms with Gasteiger partial charge in [-0.3, -0.25) is 0 Å². The monoisotopic (exact) mass is 313 g/mol. The molecule has 0 spiro atoms. The van der Waals surface area contributed by atoms with Crippen molar-refractivity contribution in [1.82, 2.24) is 0 Å². The summed E-state index contributed by atoms with van der Waals surface area (Å²) < 4.78 is 33.5. The van der Waals surface area contributed by atoms with Crippen LogP contribution in [0, 0.1) is 0 Å². The number of hydrogen-bond donors (Lipinski definition) is 1. The van der Waals surface area contributed by atoms with Gasteiger partial charge in [0, 0.05) is 23.7 Å². The highest BCUT2D eigenvalue weighted by Crippen LogP contribution is 2.34. The lowest BCUT2D eigenvalue weighted by atomic mass is 10.0. The standard InChI is InChI=1S/C12H15Cl2F2NO2/c1-18-11-5-8(13)7(4-9(11)14)10(17)2-3-19-6-12(15)16/h4-5,10,12H,2-3,6,17H2,1H3. The van der Waals surface area contributed by atoms with Crippen LogP contribution in [0.15, 0.2) is 12.1 Å². The van der Waals surface area contributed by atoms with E-state index in [-0.39, 0.29) is 6.61 Å². The number of methoxy groups -OCH3 is 1. The predicted molar refractivity (Wildman–Crippen MR) is 71.4 cm³/mol. The van der Waals surface area contributed by atoms with Gasteiger partial charge < -0.3 is 15.2 Å². The summed E-state index contributed by atoms with van der Waals surface area (Å²) in [6, 6.07) is 2.74. The van der Waals surface area contributed by atoms with E-state index < -0.39 is 19.1 Å². The lowest BCUT2D eigenvalue weighted by Crippen LogP contribution is -2.15. The van der Waals surface area contributed by atoms with Crippen LogP contribution >= 0.6 is 23.2 Å². The van der Waals surface area contributed by atoms with Gasteiger partial charge in [0.05, 0.1) is 12.1 Å². The second-order valence-corrected chi connectivity index (χ2v) is 4.68. The molecule has 1 aromatic rings. The molecule has 1 atom stereocenters. The summed E-state index contributed by atoms with van der Waals surface area (Å²) >= 11 is 12.0. The SMILES string of the molecule is COc1cc(Cl)c(C(N)CCOCC(F)F)cc1Cl. The number of hydrogen-bond acceptors (Lipinski definition) is 3. The van der Waals surface area contributed by atoms with E-state index in [2.05, 4.69) is 0 Å². The normalized spacial score (nSPS) is 12.8. The highest BCUT2D eigenvalue weighted by Gasteiger charge is 2.14. The van der Waals surface area contributed by atoms with Crippen LogP contribution in [0.1, 0.15) is 18.0 Å². The number of nitrogens with two attached hydrogens (primary N) is 1. The third kappa shape index (κ3) is 5.10. The summed E-state index contributed by atoms with van der Waals surface area (Å²) in [6.45, 7) is -0.463. The van der Waals surface area contributed by atoms with Crippen LogP contribution < -0.4 is 10.5 Å². The van der Waals surface area contributed by atoms with E-state index in [0.29, 0.717) is 27.8 Å². The zero-order valence-electron chi connectivity index (χ0n) is 10.3. The molecular formula is C12H15Cl2F2NO2. The van der Waals surface area contributed by atoms with Crippen LogP contribution in [-0.4, -0.2) is 26.7 Å². The lowest BCUT2D eigenvalue weighted by molar-refractivity contribution is 0.0152. The molecule has 0 bridgehead atoms. The lowest BCUT2D eigenvalue weighted by Gasteiger charge is -2.15. The molecule has 108 valence electrons. The van der Waals surface area contributed by atoms with Crippen LogP contribution in [0.25, 0.3) is 0 Å². The minimum atomic E-state index is -2.48. The summed E-state index contributed by atoms with van der Waals surface area (Å²) in [6.07, 6.45) is -2.11. The van der Waals surface area contributed by atoms with Crippen molar-refractivity contribution in [2.45, 2.75) is 18.9 Å². The van der Waals surface area contributed by atoms with Crippen LogP contribution in [0.2, 0.25) is 10.0 Å². The van der Waals surface area contributed by atoms with Crippen molar-refractivity contribution >= 4 is 23.2 Å². The van der Waals surface area contributed by atoms with E-state index in [4.69, 9.17) is 38.4 Å². The first kappa shape index (κ1) is 16.4. The number of alkyl halides is 2. The Morgan fingerprint density at radius 3 is 2.53 bits per heavy atom. The molecule has 0 amide bonds. The van der Waals surface area contributed by atoms with Crippen molar-refractivity contribution in [2.75, 3.05) is 20.3 Å². The van der Waals surface area contributed by atoms with Gasteiger partial charge in [-0.25, -0.2) is 8.78 Å². The summed E-state index contributed by atoms with van der Waals surface area (Å²) in [4.78, 5) is 0. The molecule has 19 heavy (non-hydrogen) atoms. The van der Waals surface area contributed by atoms with E-state index in [1.165, 1.54) is 7.11 Å². The predicted octanol–water partition coefficient (Wildman–Crippen LogP) is 3.67. The Kier molecular flexibility index (Phi) is 6.79. The van der Waals surface area contributed by atoms with Crippen LogP contribution in [0.5, 0.6) is 5.75 Å². The van der Waals surface area contributed by atoms with Gasteiger partial charge in [-0.2, -0.15) is 0 Å². The maximum absolute atomic E-state index is 11.9. The maximum Gasteiger partial charge on any atom is 0.261 e. The van der Waals surface area contributed by atoms with Gasteiger partial charge in [0.2, 0.25) is 0 Å². The molecule has 0 radical (unpaired) electrons. The van der Waals surface area contributed by atoms with Crippen LogP contribution in [-0.2, 0) is 4.74 Å². The van der Waals surface area contributed by atoms with Crippen molar-refractivity contribution in [1.29, 1.82) is 0 Å². The van der Waals surface area contributed by atoms with Gasteiger partial charge >= 0.3 is 0 Å². The molecule has 0 saturated heterocycles. The summed E-state index contributed by atoms with van der Waals surface area (Å²) in [5.41, 5.74) is 6.55. The minimum absolute atomic E-state index is 0.130. The topological polar surface area (TPSA) is 44.5 Å². The molecule has 0 aliphatic rings. The third-order valence-corrected chi connectivity index (χ3v) is 3.11. The average molecular weight is 314 g/mol. The average Bonchev–Trinajstić information content (AvgIpc) is 2.36. The van der Waals surface area contributed by atoms with Gasteiger partial charge in [0.25, 0.3) is 6.43 Å². The zero-order chi connectivity index (χ0) is 14.4. The highest BCUT2D eigenvalue weighted by atomic mass is 35.5. The van der Waals surface area contributed by atoms with Crippen molar-refractivity contribution in [3.8, 4) is 5.75 Å². The molecule has 0 saturated carbocycles. The molecule has 1 rings (SSSR count). The molecule has 3 nitrogen and oxygen atoms in total. The Morgan fingerprint density at radius 2 is 1.95 bits per heavy atom. The Bertz CT molecular complexity index is 419. The van der Waals surface area contributed by atoms with Gasteiger partial charge in [-0.15, -0.1) is 0 Å². The Labute approximate surface area is 120 Å². The van der Waals surface area contributed by atoms with Gasteiger partial charge in [-0.05, 0) is 18.1 Å². The summed E-state index contributed by atoms with van der Waals surface area (Å²) in [5, 5.41) is 0.813. The van der Waals surface area contributed by atoms with Crippen molar-refractivity contribution in [3.63, 3.8) is 0 Å². The van der Waals surface area contributed by atoms with Crippen molar-refractivity contribution in [2.24, 2.45) is 5.73 Å². The van der Waals surface area contributed by atoms with Gasteiger partial charge in [0.1, 0.15) is 12.4 Å². The number of rotatable bonds is 7. The molecule has 0 aliphatic carbocycles. The van der Waals surface area contributed by atoms with Gasteiger partial charge in [-0.1, -0.05) is 23.2 Å². The van der Waals surface area contributed by atoms with E-state index in [9.17, 15) is 8.78 Å². The number of benzene rings is 1. The molecule has 0 aliphatic heterocycles. The fourth-order valence-corrected chi connectivity index (χ4v) is 2.07. The Hall–Kier alpha value is -0.620. The fraction of sp³-hybridized carbons (Fsp3) is 0.500. The van der Waals surface area contributed by atoms with Gasteiger partial charge in [0.15, 0.2) is 0 Å². The molecular weight excluding hydrogens is 299 g/mol. The second-order valence-electron chi connectivity index (χ2n) is 3.87. The maximum atomic E-state index is 11.9. The van der Waals surface area contributed by atoms with Crippen LogP contribution in [0.3, 0.4) is 0 Å². The summed E-state index contributed by atoms with van der Waals surface area (Å²) in [7, 11) is 1.48. The molecule has 0 aromatic heterocycles. The molecule has 1 unspecified atom stereocenters. The molecule has 2 N–H and O–H groups in total. The highest BCUT2D eigenvalue weighted by molar-refractivity contribution is 6.34. The zero-order valence-corrected chi connectivity index (χ0v) is 11.8. The smallest absolute Gasteiger partial charge is 0.261 e. The first-order valence-corrected chi connectivity index (χ1v) is 6.35. The molecule has 0 fully saturated rings. The first-order chi connectivity index (χ1) is 8.95. The van der Waals surface area contributed by atoms with E-state index in [1.807, 2.05) is 0 Å². The molecule has 0 heterocycles. The quantitative estimate of drug-likeness (QED) is 0.781. The molecule has 1 aromatic carbocycles. The Balaban J connectivity index is 2.61.